The van der Waals surface area contributed by atoms with E-state index in [9.17, 15) is 28.8 Å². The Morgan fingerprint density at radius 2 is 0.576 bits per heavy atom. The number of carbonyl (C=O) groups excluding carboxylic acids is 6. The van der Waals surface area contributed by atoms with Crippen molar-refractivity contribution in [1.29, 1.82) is 0 Å². The normalized spacial score (nSPS) is 18.0. The van der Waals surface area contributed by atoms with Gasteiger partial charge in [0.05, 0.1) is 54.5 Å². The molecule has 0 unspecified atom stereocenters. The molecule has 16 nitrogen and oxygen atoms in total. The van der Waals surface area contributed by atoms with Gasteiger partial charge in [0.1, 0.15) is 29.0 Å². The molecule has 16 heteroatoms. The van der Waals surface area contributed by atoms with E-state index < -0.39 is 38.8 Å². The number of rotatable bonds is 30. The van der Waals surface area contributed by atoms with Crippen LogP contribution in [0.5, 0.6) is 0 Å². The minimum atomic E-state index is -0.585. The van der Waals surface area contributed by atoms with Crippen LogP contribution in [0.15, 0.2) is 0 Å². The maximum Gasteiger partial charge on any atom is 0.344 e. The second-order valence-electron chi connectivity index (χ2n) is 31.5. The predicted octanol–water partition coefficient (Wildman–Crippen LogP) is 18.7. The van der Waals surface area contributed by atoms with Crippen LogP contribution in [0.3, 0.4) is 0 Å². The first-order valence-corrected chi connectivity index (χ1v) is 34.4. The highest BCUT2D eigenvalue weighted by Gasteiger charge is 2.54. The maximum absolute atomic E-state index is 12.6. The van der Waals surface area contributed by atoms with Crippen LogP contribution in [0, 0.1) is 43.3 Å². The summed E-state index contributed by atoms with van der Waals surface area (Å²) in [5.41, 5.74) is -4.52. The number of hydrogen-bond donors (Lipinski definition) is 0. The van der Waals surface area contributed by atoms with Crippen LogP contribution >= 0.6 is 0 Å². The Bertz CT molecular complexity index is 2120. The molecular weight excluding hydrogens is 1170 g/mol. The summed E-state index contributed by atoms with van der Waals surface area (Å²) >= 11 is 0. The SMILES string of the molecule is C.C.C.CCC(C)(C)C(=O)OC1(C(C)(C)COC)CCCCC1.CCC(C)(C)C(=O)OCC(=O)OC1(C(C)(C)COC)CCCCC1.CCC(C)(C)C(=O)OCCC(=O)OC1(C(C)(C)COC)CCCCC1.CCOCC(C)(C)C1(OC(=O)C(C)(C)CC)CCCC1. The quantitative estimate of drug-likeness (QED) is 0.0486. The van der Waals surface area contributed by atoms with Gasteiger partial charge in [-0.1, -0.05) is 125 Å². The Balaban J connectivity index is -0.00000114. The molecule has 4 saturated carbocycles. The number of ether oxygens (including phenoxy) is 10. The molecular formula is C76H146O16. The number of hydrogen-bond acceptors (Lipinski definition) is 16. The summed E-state index contributed by atoms with van der Waals surface area (Å²) < 4.78 is 56.3. The fourth-order valence-electron chi connectivity index (χ4n) is 12.4. The molecule has 4 aliphatic rings. The molecule has 4 fully saturated rings. The van der Waals surface area contributed by atoms with Crippen LogP contribution in [0.25, 0.3) is 0 Å². The monoisotopic (exact) mass is 1320 g/mol. The first kappa shape index (κ1) is 92.8. The lowest BCUT2D eigenvalue weighted by Gasteiger charge is -2.49. The van der Waals surface area contributed by atoms with Gasteiger partial charge in [-0.05, 0) is 191 Å². The second-order valence-corrected chi connectivity index (χ2v) is 31.5. The molecule has 4 aliphatic carbocycles. The molecule has 0 aromatic heterocycles. The zero-order chi connectivity index (χ0) is 68.5. The lowest BCUT2D eigenvalue weighted by atomic mass is 9.67. The van der Waals surface area contributed by atoms with Crippen molar-refractivity contribution in [2.24, 2.45) is 43.3 Å². The number of esters is 6. The first-order chi connectivity index (χ1) is 41.1. The van der Waals surface area contributed by atoms with Gasteiger partial charge < -0.3 is 47.4 Å². The van der Waals surface area contributed by atoms with E-state index in [0.29, 0.717) is 45.9 Å². The molecule has 0 amide bonds. The van der Waals surface area contributed by atoms with Crippen molar-refractivity contribution >= 4 is 35.8 Å². The third kappa shape index (κ3) is 26.2. The van der Waals surface area contributed by atoms with Crippen molar-refractivity contribution in [1.82, 2.24) is 0 Å². The maximum atomic E-state index is 12.6. The molecule has 4 rings (SSSR count). The van der Waals surface area contributed by atoms with Crippen molar-refractivity contribution in [2.45, 2.75) is 344 Å². The number of carbonyl (C=O) groups is 6. The van der Waals surface area contributed by atoms with Crippen molar-refractivity contribution < 1.29 is 76.1 Å². The van der Waals surface area contributed by atoms with Gasteiger partial charge in [0.25, 0.3) is 0 Å². The Hall–Kier alpha value is -3.34. The van der Waals surface area contributed by atoms with Gasteiger partial charge in [-0.15, -0.1) is 0 Å². The highest BCUT2D eigenvalue weighted by Crippen LogP contribution is 2.50. The van der Waals surface area contributed by atoms with E-state index in [1.165, 1.54) is 12.8 Å². The van der Waals surface area contributed by atoms with E-state index in [1.54, 1.807) is 21.3 Å². The molecule has 0 aromatic rings. The molecule has 0 bridgehead atoms. The van der Waals surface area contributed by atoms with Crippen LogP contribution in [0.4, 0.5) is 0 Å². The lowest BCUT2D eigenvalue weighted by molar-refractivity contribution is -0.197. The average molecular weight is 1320 g/mol. The zero-order valence-electron chi connectivity index (χ0n) is 61.5. The molecule has 0 radical (unpaired) electrons. The van der Waals surface area contributed by atoms with Gasteiger partial charge >= 0.3 is 35.8 Å². The summed E-state index contributed by atoms with van der Waals surface area (Å²) in [7, 11) is 5.06. The van der Waals surface area contributed by atoms with Crippen molar-refractivity contribution in [3.8, 4) is 0 Å². The zero-order valence-corrected chi connectivity index (χ0v) is 61.5. The minimum absolute atomic E-state index is 0. The summed E-state index contributed by atoms with van der Waals surface area (Å²) in [5, 5.41) is 0. The van der Waals surface area contributed by atoms with Gasteiger partial charge in [-0.2, -0.15) is 0 Å². The minimum Gasteiger partial charge on any atom is -0.465 e. The van der Waals surface area contributed by atoms with Gasteiger partial charge in [0.15, 0.2) is 6.61 Å². The molecule has 0 aromatic carbocycles. The Morgan fingerprint density at radius 3 is 0.859 bits per heavy atom. The van der Waals surface area contributed by atoms with Gasteiger partial charge in [-0.25, -0.2) is 4.79 Å². The largest absolute Gasteiger partial charge is 0.465 e. The number of methoxy groups -OCH3 is 3. The van der Waals surface area contributed by atoms with Crippen LogP contribution < -0.4 is 0 Å². The molecule has 0 saturated heterocycles. The first-order valence-electron chi connectivity index (χ1n) is 34.4. The summed E-state index contributed by atoms with van der Waals surface area (Å²) in [6.45, 7) is 44.9. The molecule has 0 aliphatic heterocycles. The Morgan fingerprint density at radius 1 is 0.326 bits per heavy atom. The molecule has 0 heterocycles. The van der Waals surface area contributed by atoms with E-state index in [2.05, 4.69) is 55.4 Å². The molecule has 0 atom stereocenters. The fourth-order valence-corrected chi connectivity index (χ4v) is 12.4. The summed E-state index contributed by atoms with van der Waals surface area (Å²) in [6.07, 6.45) is 22.5. The van der Waals surface area contributed by atoms with Gasteiger partial charge in [0, 0.05) is 49.6 Å². The molecule has 546 valence electrons. The van der Waals surface area contributed by atoms with Gasteiger partial charge in [-0.3, -0.25) is 24.0 Å². The average Bonchev–Trinajstić information content (AvgIpc) is 1.12. The molecule has 0 N–H and O–H groups in total. The predicted molar refractivity (Wildman–Crippen MR) is 373 cm³/mol. The third-order valence-electron chi connectivity index (χ3n) is 21.3. The summed E-state index contributed by atoms with van der Waals surface area (Å²) in [6, 6.07) is 0. The third-order valence-corrected chi connectivity index (χ3v) is 21.3. The van der Waals surface area contributed by atoms with Crippen molar-refractivity contribution in [3.63, 3.8) is 0 Å². The van der Waals surface area contributed by atoms with E-state index in [4.69, 9.17) is 47.4 Å². The fraction of sp³-hybridized carbons (Fsp3) is 0.921. The highest BCUT2D eigenvalue weighted by atomic mass is 16.6. The smallest absolute Gasteiger partial charge is 0.344 e. The molecule has 92 heavy (non-hydrogen) atoms. The van der Waals surface area contributed by atoms with Crippen LogP contribution in [0.1, 0.15) is 322 Å². The van der Waals surface area contributed by atoms with Crippen LogP contribution in [-0.4, -0.2) is 126 Å². The summed E-state index contributed by atoms with van der Waals surface area (Å²) in [4.78, 5) is 73.8. The Kier molecular flexibility index (Phi) is 40.8. The highest BCUT2D eigenvalue weighted by molar-refractivity contribution is 5.80. The summed E-state index contributed by atoms with van der Waals surface area (Å²) in [5.74, 6) is -1.53. The van der Waals surface area contributed by atoms with E-state index >= 15 is 0 Å². The molecule has 0 spiro atoms. The van der Waals surface area contributed by atoms with Crippen LogP contribution in [-0.2, 0) is 76.1 Å². The standard InChI is InChI=1S/C20H36O5.C19H34O5.2C17H32O3.3CH4/c1-7-18(2,3)17(22)24-14-11-16(21)25-20(12-9-8-10-13-20)19(4,5)15-23-6;1-7-17(2,3)16(21)23-13-15(20)24-19(11-9-8-10-12-19)18(4,5)14-22-6;1-7-15(2,3)14(18)20-17(11-9-8-10-12-17)16(4,5)13-19-6;1-7-15(3,4)14(18)20-17(11-9-10-12-17)16(5,6)13-19-8-2;;;/h7-15H2,1-6H3;7-14H2,1-6H3;2*7-13H2,1-6H3;3*1H4. The van der Waals surface area contributed by atoms with E-state index in [0.717, 1.165) is 122 Å². The lowest BCUT2D eigenvalue weighted by Crippen LogP contribution is -2.53. The topological polar surface area (TPSA) is 195 Å². The van der Waals surface area contributed by atoms with Gasteiger partial charge in [0.2, 0.25) is 0 Å². The Labute approximate surface area is 564 Å². The van der Waals surface area contributed by atoms with E-state index in [-0.39, 0.29) is 105 Å². The van der Waals surface area contributed by atoms with E-state index in [1.807, 2.05) is 90.0 Å². The van der Waals surface area contributed by atoms with Crippen molar-refractivity contribution in [3.05, 3.63) is 0 Å². The van der Waals surface area contributed by atoms with Crippen LogP contribution in [0.2, 0.25) is 0 Å². The van der Waals surface area contributed by atoms with Crippen molar-refractivity contribution in [2.75, 3.05) is 67.6 Å². The second kappa shape index (κ2) is 40.4.